The Kier molecular flexibility index (Phi) is 47.6. The Morgan fingerprint density at radius 2 is 0.871 bits per heavy atom. The average Bonchev–Trinajstić information content (AvgIpc) is 3.26. The molecule has 62 heavy (non-hydrogen) atoms. The lowest BCUT2D eigenvalue weighted by molar-refractivity contribution is -0.151. The van der Waals surface area contributed by atoms with Gasteiger partial charge in [0.25, 0.3) is 0 Å². The first-order chi connectivity index (χ1) is 30.5. The molecule has 6 heteroatoms. The van der Waals surface area contributed by atoms with E-state index in [-0.39, 0.29) is 24.9 Å². The van der Waals surface area contributed by atoms with Crippen LogP contribution in [0.4, 0.5) is 0 Å². The van der Waals surface area contributed by atoms with Gasteiger partial charge in [-0.05, 0) is 89.9 Å². The van der Waals surface area contributed by atoms with E-state index in [2.05, 4.69) is 86.8 Å². The van der Waals surface area contributed by atoms with Crippen LogP contribution in [0, 0.1) is 0 Å². The van der Waals surface area contributed by atoms with Crippen molar-refractivity contribution >= 4 is 11.9 Å². The molecular formula is C56H101NO5. The minimum Gasteiger partial charge on any atom is -0.462 e. The molecule has 0 heterocycles. The highest BCUT2D eigenvalue weighted by Crippen LogP contribution is 2.17. The standard InChI is InChI=1S/C56H101NO5/c1-4-7-10-13-16-19-22-25-27-30-32-35-38-41-44-47-52(62-56(61)49-46-43-40-37-34-31-28-26-23-20-17-14-11-8-5-2)50-55(60)57-53(51-58)54(59)48-45-42-39-36-33-29-24-21-18-15-12-9-6-3/h16-17,19-20,23,25-27,32,35,52-54,58-59H,4-15,18,21-22,24,28-31,33-34,36-51H2,1-3H3,(H,57,60)/b19-16-,20-17+,26-23+,27-25-,35-32-. The van der Waals surface area contributed by atoms with Crippen LogP contribution in [-0.2, 0) is 14.3 Å². The third-order valence-corrected chi connectivity index (χ3v) is 11.8. The van der Waals surface area contributed by atoms with Crippen molar-refractivity contribution in [1.29, 1.82) is 0 Å². The Hall–Kier alpha value is -2.44. The van der Waals surface area contributed by atoms with Gasteiger partial charge in [0.15, 0.2) is 0 Å². The first-order valence-electron chi connectivity index (χ1n) is 26.5. The largest absolute Gasteiger partial charge is 0.462 e. The van der Waals surface area contributed by atoms with Gasteiger partial charge in [0.1, 0.15) is 6.10 Å². The second kappa shape index (κ2) is 49.6. The minimum absolute atomic E-state index is 0.0461. The zero-order valence-corrected chi connectivity index (χ0v) is 41.0. The average molecular weight is 868 g/mol. The quantitative estimate of drug-likeness (QED) is 0.0245. The Balaban J connectivity index is 4.67. The number of rotatable bonds is 47. The molecule has 1 amide bonds. The molecule has 0 aromatic heterocycles. The third-order valence-electron chi connectivity index (χ3n) is 11.8. The summed E-state index contributed by atoms with van der Waals surface area (Å²) in [6.07, 6.45) is 61.3. The fourth-order valence-corrected chi connectivity index (χ4v) is 7.78. The number of allylic oxidation sites excluding steroid dienone is 10. The summed E-state index contributed by atoms with van der Waals surface area (Å²) in [5.74, 6) is -0.522. The van der Waals surface area contributed by atoms with Crippen LogP contribution in [0.2, 0.25) is 0 Å². The molecule has 360 valence electrons. The number of ether oxygens (including phenoxy) is 1. The van der Waals surface area contributed by atoms with Crippen molar-refractivity contribution in [2.24, 2.45) is 0 Å². The zero-order chi connectivity index (χ0) is 45.2. The highest BCUT2D eigenvalue weighted by Gasteiger charge is 2.24. The van der Waals surface area contributed by atoms with E-state index in [4.69, 9.17) is 4.74 Å². The first kappa shape index (κ1) is 59.6. The van der Waals surface area contributed by atoms with E-state index >= 15 is 0 Å². The maximum Gasteiger partial charge on any atom is 0.306 e. The number of hydrogen-bond acceptors (Lipinski definition) is 5. The first-order valence-corrected chi connectivity index (χ1v) is 26.5. The van der Waals surface area contributed by atoms with E-state index in [1.807, 2.05) is 0 Å². The van der Waals surface area contributed by atoms with Crippen LogP contribution in [-0.4, -0.2) is 46.9 Å². The lowest BCUT2D eigenvalue weighted by Crippen LogP contribution is -2.46. The summed E-state index contributed by atoms with van der Waals surface area (Å²) in [5, 5.41) is 23.8. The maximum atomic E-state index is 13.2. The van der Waals surface area contributed by atoms with Crippen LogP contribution in [0.15, 0.2) is 60.8 Å². The molecule has 3 atom stereocenters. The van der Waals surface area contributed by atoms with Gasteiger partial charge in [0, 0.05) is 6.42 Å². The highest BCUT2D eigenvalue weighted by molar-refractivity contribution is 5.77. The minimum atomic E-state index is -0.801. The molecule has 0 saturated heterocycles. The fourth-order valence-electron chi connectivity index (χ4n) is 7.78. The van der Waals surface area contributed by atoms with Crippen LogP contribution >= 0.6 is 0 Å². The van der Waals surface area contributed by atoms with Gasteiger partial charge < -0.3 is 20.3 Å². The molecule has 0 spiro atoms. The number of hydrogen-bond donors (Lipinski definition) is 3. The van der Waals surface area contributed by atoms with Crippen molar-refractivity contribution in [2.75, 3.05) is 6.61 Å². The molecule has 3 unspecified atom stereocenters. The molecule has 0 fully saturated rings. The maximum absolute atomic E-state index is 13.2. The van der Waals surface area contributed by atoms with E-state index in [0.717, 1.165) is 77.0 Å². The molecule has 0 aliphatic carbocycles. The number of aliphatic hydroxyl groups is 2. The number of amides is 1. The van der Waals surface area contributed by atoms with Crippen molar-refractivity contribution in [3.05, 3.63) is 60.8 Å². The van der Waals surface area contributed by atoms with E-state index in [1.165, 1.54) is 135 Å². The number of nitrogens with one attached hydrogen (secondary N) is 1. The molecular weight excluding hydrogens is 767 g/mol. The number of carbonyl (C=O) groups excluding carboxylic acids is 2. The Labute approximate surface area is 384 Å². The zero-order valence-electron chi connectivity index (χ0n) is 41.0. The molecule has 0 aromatic carbocycles. The number of aliphatic hydroxyl groups excluding tert-OH is 2. The summed E-state index contributed by atoms with van der Waals surface area (Å²) < 4.78 is 5.92. The monoisotopic (exact) mass is 868 g/mol. The van der Waals surface area contributed by atoms with E-state index in [9.17, 15) is 19.8 Å². The molecule has 0 rings (SSSR count). The third kappa shape index (κ3) is 44.2. The second-order valence-electron chi connectivity index (χ2n) is 17.9. The Morgan fingerprint density at radius 1 is 0.484 bits per heavy atom. The van der Waals surface area contributed by atoms with E-state index < -0.39 is 18.2 Å². The summed E-state index contributed by atoms with van der Waals surface area (Å²) in [4.78, 5) is 26.2. The topological polar surface area (TPSA) is 95.9 Å². The van der Waals surface area contributed by atoms with Crippen LogP contribution in [0.1, 0.15) is 258 Å². The van der Waals surface area contributed by atoms with Gasteiger partial charge >= 0.3 is 5.97 Å². The lowest BCUT2D eigenvalue weighted by Gasteiger charge is -2.24. The SMILES string of the molecule is CCCCC/C=C\C/C=C\C/C=C\CCCCC(CC(=O)NC(CO)C(O)CCCCCCCCCCCCCCC)OC(=O)CCCCCCCC/C=C/C=C/CCCCC. The number of unbranched alkanes of at least 4 members (excludes halogenated alkanes) is 26. The van der Waals surface area contributed by atoms with Gasteiger partial charge in [0.05, 0.1) is 25.2 Å². The van der Waals surface area contributed by atoms with Gasteiger partial charge in [-0.25, -0.2) is 0 Å². The predicted octanol–water partition coefficient (Wildman–Crippen LogP) is 16.0. The fraction of sp³-hybridized carbons (Fsp3) is 0.786. The van der Waals surface area contributed by atoms with Gasteiger partial charge in [0.2, 0.25) is 5.91 Å². The Morgan fingerprint density at radius 3 is 1.39 bits per heavy atom. The summed E-state index contributed by atoms with van der Waals surface area (Å²) in [5.41, 5.74) is 0. The van der Waals surface area contributed by atoms with Crippen molar-refractivity contribution in [3.8, 4) is 0 Å². The number of carbonyl (C=O) groups is 2. The normalized spacial score (nSPS) is 13.7. The summed E-state index contributed by atoms with van der Waals surface area (Å²) in [7, 11) is 0. The molecule has 0 aromatic rings. The molecule has 0 radical (unpaired) electrons. The van der Waals surface area contributed by atoms with Crippen molar-refractivity contribution in [2.45, 2.75) is 277 Å². The van der Waals surface area contributed by atoms with Crippen LogP contribution in [0.5, 0.6) is 0 Å². The summed E-state index contributed by atoms with van der Waals surface area (Å²) in [6, 6.07) is -0.717. The van der Waals surface area contributed by atoms with Gasteiger partial charge in [-0.15, -0.1) is 0 Å². The highest BCUT2D eigenvalue weighted by atomic mass is 16.5. The second-order valence-corrected chi connectivity index (χ2v) is 17.9. The smallest absolute Gasteiger partial charge is 0.306 e. The molecule has 6 nitrogen and oxygen atoms in total. The van der Waals surface area contributed by atoms with Crippen molar-refractivity contribution in [1.82, 2.24) is 5.32 Å². The lowest BCUT2D eigenvalue weighted by atomic mass is 10.0. The van der Waals surface area contributed by atoms with Gasteiger partial charge in [-0.2, -0.15) is 0 Å². The summed E-state index contributed by atoms with van der Waals surface area (Å²) >= 11 is 0. The molecule has 0 aliphatic rings. The van der Waals surface area contributed by atoms with E-state index in [1.54, 1.807) is 0 Å². The summed E-state index contributed by atoms with van der Waals surface area (Å²) in [6.45, 7) is 6.42. The van der Waals surface area contributed by atoms with E-state index in [0.29, 0.717) is 19.3 Å². The van der Waals surface area contributed by atoms with Crippen LogP contribution < -0.4 is 5.32 Å². The van der Waals surface area contributed by atoms with Crippen molar-refractivity contribution in [3.63, 3.8) is 0 Å². The van der Waals surface area contributed by atoms with Gasteiger partial charge in [-0.1, -0.05) is 216 Å². The molecule has 0 aliphatic heterocycles. The molecule has 0 saturated carbocycles. The predicted molar refractivity (Wildman–Crippen MR) is 268 cm³/mol. The van der Waals surface area contributed by atoms with Crippen LogP contribution in [0.25, 0.3) is 0 Å². The Bertz CT molecular complexity index is 1110. The molecule has 0 bridgehead atoms. The number of esters is 1. The molecule has 3 N–H and O–H groups in total. The van der Waals surface area contributed by atoms with Gasteiger partial charge in [-0.3, -0.25) is 9.59 Å². The van der Waals surface area contributed by atoms with Crippen molar-refractivity contribution < 1.29 is 24.5 Å². The van der Waals surface area contributed by atoms with Crippen LogP contribution in [0.3, 0.4) is 0 Å².